The Morgan fingerprint density at radius 2 is 2.29 bits per heavy atom. The van der Waals surface area contributed by atoms with Crippen molar-refractivity contribution in [3.8, 4) is 11.3 Å². The molecule has 2 rings (SSSR count). The summed E-state index contributed by atoms with van der Waals surface area (Å²) in [6, 6.07) is 5.65. The number of oxazole rings is 1. The van der Waals surface area contributed by atoms with Gasteiger partial charge in [-0.3, -0.25) is 0 Å². The SMILES string of the molecule is CNc1ccc(Cl)c(-c2cnco2)c1. The first-order chi connectivity index (χ1) is 6.81. The second kappa shape index (κ2) is 3.72. The Morgan fingerprint density at radius 1 is 1.43 bits per heavy atom. The fourth-order valence-electron chi connectivity index (χ4n) is 1.22. The zero-order chi connectivity index (χ0) is 9.97. The average Bonchev–Trinajstić information content (AvgIpc) is 2.71. The van der Waals surface area contributed by atoms with Crippen LogP contribution < -0.4 is 5.32 Å². The predicted octanol–water partition coefficient (Wildman–Crippen LogP) is 3.04. The van der Waals surface area contributed by atoms with Crippen molar-refractivity contribution in [3.63, 3.8) is 0 Å². The van der Waals surface area contributed by atoms with Crippen LogP contribution in [0.2, 0.25) is 5.02 Å². The highest BCUT2D eigenvalue weighted by Crippen LogP contribution is 2.29. The Hall–Kier alpha value is -1.48. The normalized spacial score (nSPS) is 10.1. The van der Waals surface area contributed by atoms with Gasteiger partial charge in [-0.15, -0.1) is 0 Å². The highest BCUT2D eigenvalue weighted by Gasteiger charge is 2.07. The third-order valence-corrected chi connectivity index (χ3v) is 2.28. The molecule has 0 spiro atoms. The van der Waals surface area contributed by atoms with Gasteiger partial charge in [0.25, 0.3) is 0 Å². The molecule has 0 atom stereocenters. The maximum absolute atomic E-state index is 6.03. The monoisotopic (exact) mass is 208 g/mol. The van der Waals surface area contributed by atoms with E-state index in [1.807, 2.05) is 25.2 Å². The first kappa shape index (κ1) is 9.09. The van der Waals surface area contributed by atoms with Gasteiger partial charge < -0.3 is 9.73 Å². The van der Waals surface area contributed by atoms with Crippen molar-refractivity contribution in [2.45, 2.75) is 0 Å². The summed E-state index contributed by atoms with van der Waals surface area (Å²) < 4.78 is 5.18. The molecule has 0 aliphatic heterocycles. The van der Waals surface area contributed by atoms with E-state index in [9.17, 15) is 0 Å². The molecular formula is C10H9ClN2O. The second-order valence-corrected chi connectivity index (χ2v) is 3.22. The topological polar surface area (TPSA) is 38.1 Å². The van der Waals surface area contributed by atoms with Crippen molar-refractivity contribution in [1.29, 1.82) is 0 Å². The Morgan fingerprint density at radius 3 is 2.93 bits per heavy atom. The summed E-state index contributed by atoms with van der Waals surface area (Å²) in [5.41, 5.74) is 1.83. The van der Waals surface area contributed by atoms with Crippen LogP contribution in [0.3, 0.4) is 0 Å². The Kier molecular flexibility index (Phi) is 2.41. The largest absolute Gasteiger partial charge is 0.443 e. The fourth-order valence-corrected chi connectivity index (χ4v) is 1.43. The lowest BCUT2D eigenvalue weighted by molar-refractivity contribution is 0.572. The van der Waals surface area contributed by atoms with Crippen LogP contribution in [0.15, 0.2) is 35.2 Å². The Bertz CT molecular complexity index is 426. The number of aromatic nitrogens is 1. The lowest BCUT2D eigenvalue weighted by Gasteiger charge is -2.04. The van der Waals surface area contributed by atoms with Gasteiger partial charge in [-0.05, 0) is 18.2 Å². The van der Waals surface area contributed by atoms with Crippen LogP contribution in [0, 0.1) is 0 Å². The van der Waals surface area contributed by atoms with Gasteiger partial charge in [0.05, 0.1) is 11.2 Å². The Balaban J connectivity index is 2.51. The number of nitrogens with one attached hydrogen (secondary N) is 1. The average molecular weight is 209 g/mol. The van der Waals surface area contributed by atoms with E-state index in [1.165, 1.54) is 6.39 Å². The highest BCUT2D eigenvalue weighted by molar-refractivity contribution is 6.33. The van der Waals surface area contributed by atoms with Crippen LogP contribution in [-0.2, 0) is 0 Å². The summed E-state index contributed by atoms with van der Waals surface area (Å²) in [6.07, 6.45) is 3.03. The van der Waals surface area contributed by atoms with Gasteiger partial charge in [-0.1, -0.05) is 11.6 Å². The molecule has 14 heavy (non-hydrogen) atoms. The lowest BCUT2D eigenvalue weighted by atomic mass is 10.1. The lowest BCUT2D eigenvalue weighted by Crippen LogP contribution is -1.88. The zero-order valence-electron chi connectivity index (χ0n) is 7.62. The van der Waals surface area contributed by atoms with Gasteiger partial charge in [0, 0.05) is 18.3 Å². The van der Waals surface area contributed by atoms with Crippen molar-refractivity contribution in [2.24, 2.45) is 0 Å². The van der Waals surface area contributed by atoms with Crippen molar-refractivity contribution in [2.75, 3.05) is 12.4 Å². The third kappa shape index (κ3) is 1.59. The summed E-state index contributed by atoms with van der Waals surface area (Å²) in [5, 5.41) is 3.69. The molecule has 0 bridgehead atoms. The quantitative estimate of drug-likeness (QED) is 0.825. The van der Waals surface area contributed by atoms with E-state index in [0.29, 0.717) is 10.8 Å². The minimum atomic E-state index is 0.653. The Labute approximate surface area is 86.7 Å². The van der Waals surface area contributed by atoms with Crippen LogP contribution in [0.25, 0.3) is 11.3 Å². The second-order valence-electron chi connectivity index (χ2n) is 2.81. The highest BCUT2D eigenvalue weighted by atomic mass is 35.5. The van der Waals surface area contributed by atoms with Crippen molar-refractivity contribution < 1.29 is 4.42 Å². The van der Waals surface area contributed by atoms with Crippen molar-refractivity contribution >= 4 is 17.3 Å². The summed E-state index contributed by atoms with van der Waals surface area (Å²) in [5.74, 6) is 0.673. The molecule has 0 radical (unpaired) electrons. The molecule has 2 aromatic rings. The molecule has 72 valence electrons. The smallest absolute Gasteiger partial charge is 0.181 e. The molecule has 0 saturated heterocycles. The van der Waals surface area contributed by atoms with Crippen LogP contribution in [0.1, 0.15) is 0 Å². The summed E-state index contributed by atoms with van der Waals surface area (Å²) in [4.78, 5) is 3.85. The van der Waals surface area contributed by atoms with Crippen LogP contribution in [0.4, 0.5) is 5.69 Å². The van der Waals surface area contributed by atoms with Crippen LogP contribution in [-0.4, -0.2) is 12.0 Å². The van der Waals surface area contributed by atoms with E-state index in [0.717, 1.165) is 11.3 Å². The molecule has 1 aromatic carbocycles. The molecular weight excluding hydrogens is 200 g/mol. The summed E-state index contributed by atoms with van der Waals surface area (Å²) >= 11 is 6.03. The minimum absolute atomic E-state index is 0.653. The van der Waals surface area contributed by atoms with Gasteiger partial charge in [-0.25, -0.2) is 4.98 Å². The number of hydrogen-bond donors (Lipinski definition) is 1. The van der Waals surface area contributed by atoms with E-state index in [4.69, 9.17) is 16.0 Å². The van der Waals surface area contributed by atoms with Gasteiger partial charge in [0.1, 0.15) is 0 Å². The molecule has 1 N–H and O–H groups in total. The maximum atomic E-state index is 6.03. The predicted molar refractivity (Wildman–Crippen MR) is 56.5 cm³/mol. The van der Waals surface area contributed by atoms with Gasteiger partial charge in [0.2, 0.25) is 0 Å². The van der Waals surface area contributed by atoms with Gasteiger partial charge in [-0.2, -0.15) is 0 Å². The molecule has 0 aliphatic rings. The number of rotatable bonds is 2. The molecule has 1 heterocycles. The standard InChI is InChI=1S/C10H9ClN2O/c1-12-7-2-3-9(11)8(4-7)10-5-13-6-14-10/h2-6,12H,1H3. The van der Waals surface area contributed by atoms with E-state index in [2.05, 4.69) is 10.3 Å². The third-order valence-electron chi connectivity index (χ3n) is 1.95. The first-order valence-electron chi connectivity index (χ1n) is 4.17. The molecule has 0 amide bonds. The number of hydrogen-bond acceptors (Lipinski definition) is 3. The molecule has 0 fully saturated rings. The maximum Gasteiger partial charge on any atom is 0.181 e. The summed E-state index contributed by atoms with van der Waals surface area (Å²) in [7, 11) is 1.85. The van der Waals surface area contributed by atoms with E-state index in [-0.39, 0.29) is 0 Å². The molecule has 1 aromatic heterocycles. The molecule has 0 aliphatic carbocycles. The number of nitrogens with zero attached hydrogens (tertiary/aromatic N) is 1. The molecule has 0 unspecified atom stereocenters. The van der Waals surface area contributed by atoms with Gasteiger partial charge in [0.15, 0.2) is 12.2 Å². The first-order valence-corrected chi connectivity index (χ1v) is 4.55. The zero-order valence-corrected chi connectivity index (χ0v) is 8.38. The number of halogens is 1. The molecule has 0 saturated carbocycles. The minimum Gasteiger partial charge on any atom is -0.443 e. The number of anilines is 1. The molecule has 3 nitrogen and oxygen atoms in total. The van der Waals surface area contributed by atoms with E-state index >= 15 is 0 Å². The molecule has 4 heteroatoms. The summed E-state index contributed by atoms with van der Waals surface area (Å²) in [6.45, 7) is 0. The van der Waals surface area contributed by atoms with E-state index < -0.39 is 0 Å². The van der Waals surface area contributed by atoms with E-state index in [1.54, 1.807) is 6.20 Å². The fraction of sp³-hybridized carbons (Fsp3) is 0.100. The van der Waals surface area contributed by atoms with Gasteiger partial charge >= 0.3 is 0 Å². The van der Waals surface area contributed by atoms with Crippen LogP contribution >= 0.6 is 11.6 Å². The van der Waals surface area contributed by atoms with Crippen molar-refractivity contribution in [3.05, 3.63) is 35.8 Å². The number of benzene rings is 1. The van der Waals surface area contributed by atoms with Crippen LogP contribution in [0.5, 0.6) is 0 Å². The van der Waals surface area contributed by atoms with Crippen molar-refractivity contribution in [1.82, 2.24) is 4.98 Å².